The third-order valence-corrected chi connectivity index (χ3v) is 6.64. The van der Waals surface area contributed by atoms with E-state index in [1.165, 1.54) is 35.3 Å². The number of benzene rings is 1. The number of fused-ring (bicyclic) bond motifs is 1. The zero-order valence-corrected chi connectivity index (χ0v) is 17.6. The van der Waals surface area contributed by atoms with Gasteiger partial charge in [0.2, 0.25) is 0 Å². The lowest BCUT2D eigenvalue weighted by Crippen LogP contribution is -2.45. The molecule has 2 fully saturated rings. The first-order chi connectivity index (χ1) is 13.5. The highest BCUT2D eigenvalue weighted by molar-refractivity contribution is 5.71. The van der Waals surface area contributed by atoms with Crippen LogP contribution in [0.25, 0.3) is 11.1 Å². The predicted octanol–water partition coefficient (Wildman–Crippen LogP) is 4.48. The molecule has 1 saturated heterocycles. The normalized spacial score (nSPS) is 21.0. The highest BCUT2D eigenvalue weighted by Gasteiger charge is 2.34. The van der Waals surface area contributed by atoms with E-state index in [4.69, 9.17) is 4.74 Å². The second-order valence-corrected chi connectivity index (χ2v) is 9.60. The Labute approximate surface area is 169 Å². The lowest BCUT2D eigenvalue weighted by Gasteiger charge is -2.39. The molecule has 2 aromatic rings. The van der Waals surface area contributed by atoms with E-state index in [1.54, 1.807) is 5.69 Å². The molecule has 150 valence electrons. The highest BCUT2D eigenvalue weighted by Crippen LogP contribution is 2.47. The Kier molecular flexibility index (Phi) is 4.52. The average molecular weight is 380 g/mol. The molecule has 0 amide bonds. The molecule has 0 N–H and O–H groups in total. The van der Waals surface area contributed by atoms with Gasteiger partial charge in [0, 0.05) is 60.9 Å². The van der Waals surface area contributed by atoms with E-state index in [0.717, 1.165) is 51.9 Å². The summed E-state index contributed by atoms with van der Waals surface area (Å²) < 4.78 is 8.14. The summed E-state index contributed by atoms with van der Waals surface area (Å²) in [5.41, 5.74) is 7.50. The Morgan fingerprint density at radius 1 is 0.929 bits per heavy atom. The fourth-order valence-electron chi connectivity index (χ4n) is 4.78. The quantitative estimate of drug-likeness (QED) is 0.784. The minimum atomic E-state index is 0.231. The van der Waals surface area contributed by atoms with Gasteiger partial charge in [0.05, 0.1) is 13.2 Å². The molecule has 4 heteroatoms. The van der Waals surface area contributed by atoms with Crippen molar-refractivity contribution in [1.82, 2.24) is 9.47 Å². The summed E-state index contributed by atoms with van der Waals surface area (Å²) in [5.74, 6) is 0.767. The maximum absolute atomic E-state index is 5.49. The van der Waals surface area contributed by atoms with Crippen LogP contribution in [0.4, 0.5) is 5.69 Å². The summed E-state index contributed by atoms with van der Waals surface area (Å²) in [7, 11) is 0. The number of rotatable bonds is 3. The van der Waals surface area contributed by atoms with E-state index in [9.17, 15) is 0 Å². The van der Waals surface area contributed by atoms with E-state index >= 15 is 0 Å². The third-order valence-electron chi connectivity index (χ3n) is 6.64. The van der Waals surface area contributed by atoms with Crippen molar-refractivity contribution in [3.8, 4) is 11.1 Å². The van der Waals surface area contributed by atoms with E-state index in [2.05, 4.69) is 65.5 Å². The van der Waals surface area contributed by atoms with Crippen LogP contribution in [0.5, 0.6) is 0 Å². The Balaban J connectivity index is 1.46. The molecule has 1 saturated carbocycles. The second-order valence-electron chi connectivity index (χ2n) is 9.60. The number of hydrogen-bond donors (Lipinski definition) is 0. The van der Waals surface area contributed by atoms with Crippen LogP contribution in [0.15, 0.2) is 30.3 Å². The first-order valence-electron chi connectivity index (χ1n) is 10.9. The van der Waals surface area contributed by atoms with Gasteiger partial charge in [-0.15, -0.1) is 0 Å². The van der Waals surface area contributed by atoms with Crippen molar-refractivity contribution in [2.45, 2.75) is 58.2 Å². The molecule has 3 heterocycles. The molecule has 1 aromatic heterocycles. The van der Waals surface area contributed by atoms with Gasteiger partial charge in [-0.05, 0) is 63.3 Å². The number of anilines is 1. The molecule has 4 nitrogen and oxygen atoms in total. The Hall–Kier alpha value is -1.78. The standard InChI is InChI=1S/C24H33N3O/c1-24(2,3)26-10-11-27-21(17-26)16-22(23(27)19-4-5-19)18-6-8-20(9-7-18)25-12-14-28-15-13-25/h6-9,16,19H,4-5,10-15,17H2,1-3H3. The zero-order chi connectivity index (χ0) is 19.3. The minimum Gasteiger partial charge on any atom is -0.378 e. The molecule has 0 spiro atoms. The van der Waals surface area contributed by atoms with Crippen LogP contribution in [0.2, 0.25) is 0 Å². The molecular weight excluding hydrogens is 346 g/mol. The van der Waals surface area contributed by atoms with Gasteiger partial charge in [-0.3, -0.25) is 4.90 Å². The average Bonchev–Trinajstić information content (AvgIpc) is 3.47. The van der Waals surface area contributed by atoms with Crippen LogP contribution >= 0.6 is 0 Å². The highest BCUT2D eigenvalue weighted by atomic mass is 16.5. The summed E-state index contributed by atoms with van der Waals surface area (Å²) in [6, 6.07) is 11.7. The summed E-state index contributed by atoms with van der Waals surface area (Å²) in [6.07, 6.45) is 2.70. The van der Waals surface area contributed by atoms with Gasteiger partial charge < -0.3 is 14.2 Å². The molecule has 2 aliphatic heterocycles. The van der Waals surface area contributed by atoms with Gasteiger partial charge in [0.15, 0.2) is 0 Å². The lowest BCUT2D eigenvalue weighted by molar-refractivity contribution is 0.102. The lowest BCUT2D eigenvalue weighted by atomic mass is 10.0. The molecular formula is C24H33N3O. The van der Waals surface area contributed by atoms with Gasteiger partial charge in [-0.2, -0.15) is 0 Å². The van der Waals surface area contributed by atoms with Crippen LogP contribution in [0, 0.1) is 0 Å². The fourth-order valence-corrected chi connectivity index (χ4v) is 4.78. The van der Waals surface area contributed by atoms with Gasteiger partial charge >= 0.3 is 0 Å². The van der Waals surface area contributed by atoms with Crippen LogP contribution in [0.1, 0.15) is 50.9 Å². The predicted molar refractivity (Wildman–Crippen MR) is 115 cm³/mol. The third kappa shape index (κ3) is 3.37. The molecule has 5 rings (SSSR count). The Morgan fingerprint density at radius 3 is 2.29 bits per heavy atom. The minimum absolute atomic E-state index is 0.231. The monoisotopic (exact) mass is 379 g/mol. The van der Waals surface area contributed by atoms with E-state index in [1.807, 2.05) is 0 Å². The van der Waals surface area contributed by atoms with Crippen molar-refractivity contribution < 1.29 is 4.74 Å². The second kappa shape index (κ2) is 6.93. The van der Waals surface area contributed by atoms with Crippen molar-refractivity contribution in [3.05, 3.63) is 41.7 Å². The summed E-state index contributed by atoms with van der Waals surface area (Å²) in [6.45, 7) is 14.0. The maximum atomic E-state index is 5.49. The van der Waals surface area contributed by atoms with Gasteiger partial charge in [-0.25, -0.2) is 0 Å². The molecule has 1 aromatic carbocycles. The molecule has 28 heavy (non-hydrogen) atoms. The first-order valence-corrected chi connectivity index (χ1v) is 10.9. The number of morpholine rings is 1. The molecule has 3 aliphatic rings. The van der Waals surface area contributed by atoms with Crippen molar-refractivity contribution in [1.29, 1.82) is 0 Å². The van der Waals surface area contributed by atoms with Crippen LogP contribution in [-0.4, -0.2) is 47.9 Å². The largest absolute Gasteiger partial charge is 0.378 e. The molecule has 0 radical (unpaired) electrons. The van der Waals surface area contributed by atoms with Crippen molar-refractivity contribution >= 4 is 5.69 Å². The molecule has 0 bridgehead atoms. The summed E-state index contributed by atoms with van der Waals surface area (Å²) in [5, 5.41) is 0. The molecule has 0 atom stereocenters. The van der Waals surface area contributed by atoms with E-state index in [0.29, 0.717) is 0 Å². The maximum Gasteiger partial charge on any atom is 0.0642 e. The summed E-state index contributed by atoms with van der Waals surface area (Å²) >= 11 is 0. The number of ether oxygens (including phenoxy) is 1. The molecule has 0 unspecified atom stereocenters. The molecule has 1 aliphatic carbocycles. The van der Waals surface area contributed by atoms with Gasteiger partial charge in [0.1, 0.15) is 0 Å². The smallest absolute Gasteiger partial charge is 0.0642 e. The van der Waals surface area contributed by atoms with Crippen LogP contribution < -0.4 is 4.90 Å². The van der Waals surface area contributed by atoms with Crippen molar-refractivity contribution in [2.24, 2.45) is 0 Å². The van der Waals surface area contributed by atoms with Gasteiger partial charge in [-0.1, -0.05) is 12.1 Å². The SMILES string of the molecule is CC(C)(C)N1CCn2c(cc(-c3ccc(N4CCOCC4)cc3)c2C2CC2)C1. The first kappa shape index (κ1) is 18.3. The number of aromatic nitrogens is 1. The number of nitrogens with zero attached hydrogens (tertiary/aromatic N) is 3. The topological polar surface area (TPSA) is 20.6 Å². The Morgan fingerprint density at radius 2 is 1.64 bits per heavy atom. The van der Waals surface area contributed by atoms with Crippen molar-refractivity contribution in [2.75, 3.05) is 37.7 Å². The van der Waals surface area contributed by atoms with Crippen LogP contribution in [-0.2, 0) is 17.8 Å². The van der Waals surface area contributed by atoms with Crippen molar-refractivity contribution in [3.63, 3.8) is 0 Å². The van der Waals surface area contributed by atoms with E-state index in [-0.39, 0.29) is 5.54 Å². The van der Waals surface area contributed by atoms with E-state index < -0.39 is 0 Å². The zero-order valence-electron chi connectivity index (χ0n) is 17.6. The van der Waals surface area contributed by atoms with Gasteiger partial charge in [0.25, 0.3) is 0 Å². The fraction of sp³-hybridized carbons (Fsp3) is 0.583. The van der Waals surface area contributed by atoms with Crippen LogP contribution in [0.3, 0.4) is 0 Å². The summed E-state index contributed by atoms with van der Waals surface area (Å²) in [4.78, 5) is 5.05. The Bertz CT molecular complexity index is 836. The number of hydrogen-bond acceptors (Lipinski definition) is 3.